The lowest BCUT2D eigenvalue weighted by Gasteiger charge is -2.07. The van der Waals surface area contributed by atoms with E-state index in [0.29, 0.717) is 23.3 Å². The van der Waals surface area contributed by atoms with Crippen molar-refractivity contribution in [2.24, 2.45) is 0 Å². The summed E-state index contributed by atoms with van der Waals surface area (Å²) in [5.41, 5.74) is 0.744. The van der Waals surface area contributed by atoms with Crippen LogP contribution in [0, 0.1) is 0 Å². The molecule has 0 unspecified atom stereocenters. The average molecular weight is 391 g/mol. The lowest BCUT2D eigenvalue weighted by Crippen LogP contribution is -1.95. The van der Waals surface area contributed by atoms with Gasteiger partial charge in [-0.25, -0.2) is 0 Å². The summed E-state index contributed by atoms with van der Waals surface area (Å²) in [4.78, 5) is 0. The highest BCUT2D eigenvalue weighted by Crippen LogP contribution is 2.31. The second-order valence-corrected chi connectivity index (χ2v) is 5.73. The van der Waals surface area contributed by atoms with E-state index >= 15 is 0 Å². The number of benzene rings is 2. The number of rotatable bonds is 6. The minimum atomic E-state index is 0.191. The van der Waals surface area contributed by atoms with Gasteiger partial charge in [0, 0.05) is 10.0 Å². The topological polar surface area (TPSA) is 66.6 Å². The van der Waals surface area contributed by atoms with E-state index in [9.17, 15) is 0 Å². The quantitative estimate of drug-likeness (QED) is 0.631. The number of hydrogen-bond acceptors (Lipinski definition) is 6. The molecule has 0 aliphatic rings. The first kappa shape index (κ1) is 16.3. The molecule has 3 aromatic rings. The lowest BCUT2D eigenvalue weighted by molar-refractivity contribution is 0.264. The molecule has 2 aromatic carbocycles. The second kappa shape index (κ2) is 7.35. The van der Waals surface area contributed by atoms with Crippen LogP contribution in [0.1, 0.15) is 5.89 Å². The van der Waals surface area contributed by atoms with E-state index in [1.165, 1.54) is 0 Å². The van der Waals surface area contributed by atoms with Crippen LogP contribution in [-0.2, 0) is 6.61 Å². The monoisotopic (exact) mass is 390 g/mol. The van der Waals surface area contributed by atoms with Gasteiger partial charge >= 0.3 is 0 Å². The van der Waals surface area contributed by atoms with E-state index in [2.05, 4.69) is 26.1 Å². The maximum atomic E-state index is 5.64. The lowest BCUT2D eigenvalue weighted by atomic mass is 10.2. The van der Waals surface area contributed by atoms with Gasteiger partial charge in [0.25, 0.3) is 5.89 Å². The van der Waals surface area contributed by atoms with Gasteiger partial charge in [-0.3, -0.25) is 0 Å². The molecular formula is C17H15BrN2O4. The zero-order valence-electron chi connectivity index (χ0n) is 13.2. The summed E-state index contributed by atoms with van der Waals surface area (Å²) in [5.74, 6) is 2.73. The van der Waals surface area contributed by atoms with Gasteiger partial charge in [0.1, 0.15) is 5.75 Å². The van der Waals surface area contributed by atoms with Crippen molar-refractivity contribution in [2.45, 2.75) is 6.61 Å². The number of nitrogens with zero attached hydrogens (tertiary/aromatic N) is 2. The van der Waals surface area contributed by atoms with Crippen molar-refractivity contribution < 1.29 is 18.6 Å². The van der Waals surface area contributed by atoms with Gasteiger partial charge in [-0.2, -0.15) is 0 Å². The van der Waals surface area contributed by atoms with Crippen LogP contribution < -0.4 is 14.2 Å². The first-order chi connectivity index (χ1) is 11.7. The molecule has 0 fully saturated rings. The van der Waals surface area contributed by atoms with E-state index in [1.807, 2.05) is 30.3 Å². The minimum absolute atomic E-state index is 0.191. The third kappa shape index (κ3) is 3.68. The van der Waals surface area contributed by atoms with Gasteiger partial charge in [0.2, 0.25) is 5.89 Å². The second-order valence-electron chi connectivity index (χ2n) is 4.82. The zero-order valence-corrected chi connectivity index (χ0v) is 14.7. The fraction of sp³-hybridized carbons (Fsp3) is 0.176. The van der Waals surface area contributed by atoms with Crippen LogP contribution in [0.5, 0.6) is 17.2 Å². The molecule has 0 bridgehead atoms. The highest BCUT2D eigenvalue weighted by Gasteiger charge is 2.12. The Labute approximate surface area is 147 Å². The van der Waals surface area contributed by atoms with Crippen LogP contribution in [-0.4, -0.2) is 24.4 Å². The molecule has 0 aliphatic carbocycles. The third-order valence-electron chi connectivity index (χ3n) is 3.26. The van der Waals surface area contributed by atoms with Crippen LogP contribution in [0.4, 0.5) is 0 Å². The van der Waals surface area contributed by atoms with Crippen molar-refractivity contribution in [3.05, 3.63) is 52.8 Å². The van der Waals surface area contributed by atoms with Gasteiger partial charge < -0.3 is 18.6 Å². The number of halogens is 1. The molecule has 1 heterocycles. The predicted molar refractivity (Wildman–Crippen MR) is 91.3 cm³/mol. The maximum absolute atomic E-state index is 5.64. The normalized spacial score (nSPS) is 10.5. The van der Waals surface area contributed by atoms with E-state index in [-0.39, 0.29) is 6.61 Å². The standard InChI is InChI=1S/C17H15BrN2O4/c1-21-14-7-6-11(8-15(14)22-2)17-20-19-16(24-17)10-23-13-5-3-4-12(18)9-13/h3-9H,10H2,1-2H3. The molecule has 0 saturated heterocycles. The summed E-state index contributed by atoms with van der Waals surface area (Å²) in [5, 5.41) is 8.05. The fourth-order valence-electron chi connectivity index (χ4n) is 2.10. The van der Waals surface area contributed by atoms with Gasteiger partial charge in [0.05, 0.1) is 14.2 Å². The summed E-state index contributed by atoms with van der Waals surface area (Å²) in [6.07, 6.45) is 0. The first-order valence-corrected chi connectivity index (χ1v) is 7.92. The van der Waals surface area contributed by atoms with Crippen molar-refractivity contribution >= 4 is 15.9 Å². The molecule has 7 heteroatoms. The molecule has 1 aromatic heterocycles. The maximum Gasteiger partial charge on any atom is 0.254 e. The Morgan fingerprint density at radius 3 is 2.58 bits per heavy atom. The molecule has 3 rings (SSSR count). The molecule has 124 valence electrons. The van der Waals surface area contributed by atoms with Gasteiger partial charge in [-0.1, -0.05) is 22.0 Å². The van der Waals surface area contributed by atoms with Crippen LogP contribution in [0.25, 0.3) is 11.5 Å². The molecule has 0 N–H and O–H groups in total. The molecule has 0 radical (unpaired) electrons. The predicted octanol–water partition coefficient (Wildman–Crippen LogP) is 4.10. The number of aromatic nitrogens is 2. The zero-order chi connectivity index (χ0) is 16.9. The molecule has 0 aliphatic heterocycles. The van der Waals surface area contributed by atoms with E-state index in [4.69, 9.17) is 18.6 Å². The summed E-state index contributed by atoms with van der Waals surface area (Å²) in [7, 11) is 3.16. The molecule has 0 spiro atoms. The molecule has 0 amide bonds. The Balaban J connectivity index is 1.73. The minimum Gasteiger partial charge on any atom is -0.493 e. The fourth-order valence-corrected chi connectivity index (χ4v) is 2.48. The summed E-state index contributed by atoms with van der Waals surface area (Å²) >= 11 is 3.39. The van der Waals surface area contributed by atoms with Crippen LogP contribution in [0.2, 0.25) is 0 Å². The molecule has 6 nitrogen and oxygen atoms in total. The van der Waals surface area contributed by atoms with Gasteiger partial charge in [0.15, 0.2) is 18.1 Å². The average Bonchev–Trinajstić information content (AvgIpc) is 3.08. The van der Waals surface area contributed by atoms with Gasteiger partial charge in [-0.15, -0.1) is 10.2 Å². The van der Waals surface area contributed by atoms with E-state index in [1.54, 1.807) is 26.4 Å². The number of hydrogen-bond donors (Lipinski definition) is 0. The Bertz CT molecular complexity index is 835. The number of ether oxygens (including phenoxy) is 3. The summed E-state index contributed by atoms with van der Waals surface area (Å²) < 4.78 is 22.7. The van der Waals surface area contributed by atoms with Crippen LogP contribution >= 0.6 is 15.9 Å². The van der Waals surface area contributed by atoms with Crippen LogP contribution in [0.15, 0.2) is 51.4 Å². The number of methoxy groups -OCH3 is 2. The Hall–Kier alpha value is -2.54. The largest absolute Gasteiger partial charge is 0.493 e. The van der Waals surface area contributed by atoms with Crippen LogP contribution in [0.3, 0.4) is 0 Å². The summed E-state index contributed by atoms with van der Waals surface area (Å²) in [6, 6.07) is 12.9. The smallest absolute Gasteiger partial charge is 0.254 e. The van der Waals surface area contributed by atoms with Crippen molar-refractivity contribution in [2.75, 3.05) is 14.2 Å². The van der Waals surface area contributed by atoms with Gasteiger partial charge in [-0.05, 0) is 36.4 Å². The highest BCUT2D eigenvalue weighted by atomic mass is 79.9. The highest BCUT2D eigenvalue weighted by molar-refractivity contribution is 9.10. The summed E-state index contributed by atoms with van der Waals surface area (Å²) in [6.45, 7) is 0.191. The molecule has 0 atom stereocenters. The van der Waals surface area contributed by atoms with Crippen molar-refractivity contribution in [3.8, 4) is 28.7 Å². The Morgan fingerprint density at radius 2 is 1.83 bits per heavy atom. The van der Waals surface area contributed by atoms with Crippen molar-refractivity contribution in [3.63, 3.8) is 0 Å². The first-order valence-electron chi connectivity index (χ1n) is 7.12. The van der Waals surface area contributed by atoms with Crippen molar-refractivity contribution in [1.29, 1.82) is 0 Å². The molecule has 0 saturated carbocycles. The third-order valence-corrected chi connectivity index (χ3v) is 3.75. The SMILES string of the molecule is COc1ccc(-c2nnc(COc3cccc(Br)c3)o2)cc1OC. The molecule has 24 heavy (non-hydrogen) atoms. The van der Waals surface area contributed by atoms with Crippen molar-refractivity contribution in [1.82, 2.24) is 10.2 Å². The molecular weight excluding hydrogens is 376 g/mol. The Kier molecular flexibility index (Phi) is 5.00. The van der Waals surface area contributed by atoms with E-state index < -0.39 is 0 Å². The Morgan fingerprint density at radius 1 is 1.00 bits per heavy atom. The van der Waals surface area contributed by atoms with E-state index in [0.717, 1.165) is 15.8 Å².